The Morgan fingerprint density at radius 1 is 1.17 bits per heavy atom. The number of para-hydroxylation sites is 1. The molecule has 0 fully saturated rings. The standard InChI is InChI=1S/C17H15F2NO2S/c18-17(19)23-14-7-5-13(6-8-14)20-16(21)12-9-11-3-1-2-4-15(11)22-10-12/h1-8,12,17H,9-10H2,(H,20,21)/t12-/m0/s1. The van der Waals surface area contributed by atoms with Crippen LogP contribution in [-0.2, 0) is 11.2 Å². The SMILES string of the molecule is O=C(Nc1ccc(SC(F)F)cc1)[C@@H]1COc2ccccc2C1. The van der Waals surface area contributed by atoms with E-state index in [-0.39, 0.29) is 11.8 Å². The van der Waals surface area contributed by atoms with Gasteiger partial charge >= 0.3 is 0 Å². The van der Waals surface area contributed by atoms with Crippen LogP contribution >= 0.6 is 11.8 Å². The minimum absolute atomic E-state index is 0.131. The van der Waals surface area contributed by atoms with Gasteiger partial charge in [-0.1, -0.05) is 30.0 Å². The van der Waals surface area contributed by atoms with Gasteiger partial charge in [-0.05, 0) is 42.3 Å². The van der Waals surface area contributed by atoms with Crippen LogP contribution in [0.2, 0.25) is 0 Å². The van der Waals surface area contributed by atoms with Gasteiger partial charge in [0.05, 0.1) is 5.92 Å². The number of hydrogen-bond donors (Lipinski definition) is 1. The fourth-order valence-corrected chi connectivity index (χ4v) is 2.96. The van der Waals surface area contributed by atoms with Crippen LogP contribution in [0, 0.1) is 5.92 Å². The molecule has 0 saturated heterocycles. The smallest absolute Gasteiger partial charge is 0.288 e. The molecule has 3 nitrogen and oxygen atoms in total. The van der Waals surface area contributed by atoms with Gasteiger partial charge in [0.1, 0.15) is 12.4 Å². The largest absolute Gasteiger partial charge is 0.492 e. The molecule has 2 aromatic rings. The number of ether oxygens (including phenoxy) is 1. The normalized spacial score (nSPS) is 16.6. The van der Waals surface area contributed by atoms with Crippen LogP contribution in [0.4, 0.5) is 14.5 Å². The summed E-state index contributed by atoms with van der Waals surface area (Å²) in [5, 5.41) is 2.81. The molecule has 1 amide bonds. The van der Waals surface area contributed by atoms with Crippen LogP contribution in [0.1, 0.15) is 5.56 Å². The zero-order valence-corrected chi connectivity index (χ0v) is 13.0. The fraction of sp³-hybridized carbons (Fsp3) is 0.235. The third-order valence-corrected chi connectivity index (χ3v) is 4.32. The number of nitrogens with one attached hydrogen (secondary N) is 1. The number of carbonyl (C=O) groups is 1. The first kappa shape index (κ1) is 15.8. The van der Waals surface area contributed by atoms with Crippen molar-refractivity contribution < 1.29 is 18.3 Å². The number of carbonyl (C=O) groups excluding carboxylic acids is 1. The number of thioether (sulfide) groups is 1. The lowest BCUT2D eigenvalue weighted by atomic mass is 9.96. The first-order chi connectivity index (χ1) is 11.1. The van der Waals surface area contributed by atoms with E-state index in [4.69, 9.17) is 4.74 Å². The first-order valence-corrected chi connectivity index (χ1v) is 8.06. The molecule has 0 bridgehead atoms. The van der Waals surface area contributed by atoms with Crippen LogP contribution in [0.15, 0.2) is 53.4 Å². The molecule has 1 N–H and O–H groups in total. The summed E-state index contributed by atoms with van der Waals surface area (Å²) in [5.41, 5.74) is 1.61. The van der Waals surface area contributed by atoms with Crippen LogP contribution in [-0.4, -0.2) is 18.3 Å². The van der Waals surface area contributed by atoms with Gasteiger partial charge in [0, 0.05) is 10.6 Å². The Morgan fingerprint density at radius 3 is 2.65 bits per heavy atom. The second-order valence-electron chi connectivity index (χ2n) is 5.21. The van der Waals surface area contributed by atoms with Crippen molar-refractivity contribution >= 4 is 23.4 Å². The second kappa shape index (κ2) is 7.00. The van der Waals surface area contributed by atoms with Crippen molar-refractivity contribution in [3.05, 3.63) is 54.1 Å². The van der Waals surface area contributed by atoms with E-state index in [0.717, 1.165) is 11.3 Å². The van der Waals surface area contributed by atoms with E-state index in [0.29, 0.717) is 35.4 Å². The molecule has 120 valence electrons. The summed E-state index contributed by atoms with van der Waals surface area (Å²) < 4.78 is 30.2. The van der Waals surface area contributed by atoms with Crippen molar-refractivity contribution in [3.63, 3.8) is 0 Å². The van der Waals surface area contributed by atoms with Gasteiger partial charge in [-0.3, -0.25) is 4.79 Å². The number of benzene rings is 2. The zero-order valence-electron chi connectivity index (χ0n) is 12.2. The van der Waals surface area contributed by atoms with Gasteiger partial charge in [-0.15, -0.1) is 0 Å². The lowest BCUT2D eigenvalue weighted by molar-refractivity contribution is -0.121. The number of amides is 1. The Morgan fingerprint density at radius 2 is 1.91 bits per heavy atom. The van der Waals surface area contributed by atoms with Crippen molar-refractivity contribution in [2.45, 2.75) is 17.1 Å². The van der Waals surface area contributed by atoms with Crippen LogP contribution < -0.4 is 10.1 Å². The molecule has 0 saturated carbocycles. The molecule has 0 aliphatic carbocycles. The summed E-state index contributed by atoms with van der Waals surface area (Å²) in [6, 6.07) is 14.0. The predicted molar refractivity (Wildman–Crippen MR) is 86.1 cm³/mol. The van der Waals surface area contributed by atoms with E-state index in [1.165, 1.54) is 0 Å². The molecular weight excluding hydrogens is 320 g/mol. The van der Waals surface area contributed by atoms with Gasteiger partial charge in [-0.2, -0.15) is 8.78 Å². The summed E-state index contributed by atoms with van der Waals surface area (Å²) in [5.74, 6) is -2.02. The highest BCUT2D eigenvalue weighted by molar-refractivity contribution is 7.99. The van der Waals surface area contributed by atoms with Gasteiger partial charge in [0.2, 0.25) is 5.91 Å². The number of rotatable bonds is 4. The number of hydrogen-bond acceptors (Lipinski definition) is 3. The summed E-state index contributed by atoms with van der Waals surface area (Å²) in [4.78, 5) is 12.8. The lowest BCUT2D eigenvalue weighted by Crippen LogP contribution is -2.32. The molecule has 0 spiro atoms. The third-order valence-electron chi connectivity index (χ3n) is 3.60. The van der Waals surface area contributed by atoms with E-state index < -0.39 is 5.76 Å². The summed E-state index contributed by atoms with van der Waals surface area (Å²) in [6.45, 7) is 0.335. The molecule has 3 rings (SSSR count). The minimum atomic E-state index is -2.45. The highest BCUT2D eigenvalue weighted by Crippen LogP contribution is 2.28. The quantitative estimate of drug-likeness (QED) is 0.852. The molecule has 1 aliphatic heterocycles. The maximum Gasteiger partial charge on any atom is 0.288 e. The van der Waals surface area contributed by atoms with Crippen molar-refractivity contribution in [1.82, 2.24) is 0 Å². The van der Waals surface area contributed by atoms with Gasteiger partial charge in [0.25, 0.3) is 5.76 Å². The Hall–Kier alpha value is -2.08. The van der Waals surface area contributed by atoms with Crippen molar-refractivity contribution in [1.29, 1.82) is 0 Å². The minimum Gasteiger partial charge on any atom is -0.492 e. The fourth-order valence-electron chi connectivity index (χ4n) is 2.46. The molecule has 1 heterocycles. The van der Waals surface area contributed by atoms with E-state index in [1.54, 1.807) is 24.3 Å². The monoisotopic (exact) mass is 335 g/mol. The maximum atomic E-state index is 12.3. The summed E-state index contributed by atoms with van der Waals surface area (Å²) in [6.07, 6.45) is 0.626. The second-order valence-corrected chi connectivity index (χ2v) is 6.28. The third kappa shape index (κ3) is 4.01. The Bertz CT molecular complexity index is 691. The molecular formula is C17H15F2NO2S. The van der Waals surface area contributed by atoms with E-state index in [2.05, 4.69) is 5.32 Å². The van der Waals surface area contributed by atoms with Crippen molar-refractivity contribution in [3.8, 4) is 5.75 Å². The van der Waals surface area contributed by atoms with Crippen molar-refractivity contribution in [2.75, 3.05) is 11.9 Å². The number of halogens is 2. The number of alkyl halides is 2. The van der Waals surface area contributed by atoms with Crippen LogP contribution in [0.5, 0.6) is 5.75 Å². The number of fused-ring (bicyclic) bond motifs is 1. The Labute approximate surface area is 137 Å². The molecule has 1 atom stereocenters. The molecule has 0 radical (unpaired) electrons. The zero-order chi connectivity index (χ0) is 16.2. The first-order valence-electron chi connectivity index (χ1n) is 7.18. The Kier molecular flexibility index (Phi) is 4.81. The molecule has 6 heteroatoms. The Balaban J connectivity index is 1.61. The highest BCUT2D eigenvalue weighted by Gasteiger charge is 2.25. The van der Waals surface area contributed by atoms with E-state index in [9.17, 15) is 13.6 Å². The molecule has 0 aromatic heterocycles. The van der Waals surface area contributed by atoms with Crippen molar-refractivity contribution in [2.24, 2.45) is 5.92 Å². The molecule has 0 unspecified atom stereocenters. The van der Waals surface area contributed by atoms with Gasteiger partial charge < -0.3 is 10.1 Å². The summed E-state index contributed by atoms with van der Waals surface area (Å²) in [7, 11) is 0. The summed E-state index contributed by atoms with van der Waals surface area (Å²) >= 11 is 0.480. The number of anilines is 1. The molecule has 1 aliphatic rings. The highest BCUT2D eigenvalue weighted by atomic mass is 32.2. The van der Waals surface area contributed by atoms with Crippen LogP contribution in [0.25, 0.3) is 0 Å². The average Bonchev–Trinajstić information content (AvgIpc) is 2.55. The molecule has 2 aromatic carbocycles. The van der Waals surface area contributed by atoms with E-state index >= 15 is 0 Å². The van der Waals surface area contributed by atoms with Gasteiger partial charge in [-0.25, -0.2) is 0 Å². The van der Waals surface area contributed by atoms with Gasteiger partial charge in [0.15, 0.2) is 0 Å². The van der Waals surface area contributed by atoms with E-state index in [1.807, 2.05) is 24.3 Å². The maximum absolute atomic E-state index is 12.3. The lowest BCUT2D eigenvalue weighted by Gasteiger charge is -2.24. The topological polar surface area (TPSA) is 38.3 Å². The molecule has 23 heavy (non-hydrogen) atoms. The predicted octanol–water partition coefficient (Wildman–Crippen LogP) is 4.19. The average molecular weight is 335 g/mol. The van der Waals surface area contributed by atoms with Crippen LogP contribution in [0.3, 0.4) is 0 Å².